The Labute approximate surface area is 115 Å². The van der Waals surface area contributed by atoms with Gasteiger partial charge in [0.2, 0.25) is 0 Å². The van der Waals surface area contributed by atoms with E-state index in [-0.39, 0.29) is 70.3 Å². The van der Waals surface area contributed by atoms with Crippen LogP contribution in [0.5, 0.6) is 0 Å². The average molecular weight is 188 g/mol. The summed E-state index contributed by atoms with van der Waals surface area (Å²) in [7, 11) is 0. The van der Waals surface area contributed by atoms with Crippen LogP contribution in [0.2, 0.25) is 0 Å². The third-order valence-corrected chi connectivity index (χ3v) is 1.17. The topological polar surface area (TPSA) is 80.3 Å². The van der Waals surface area contributed by atoms with E-state index in [1.54, 1.807) is 0 Å². The van der Waals surface area contributed by atoms with Gasteiger partial charge in [0.15, 0.2) is 0 Å². The first-order chi connectivity index (χ1) is 4.46. The van der Waals surface area contributed by atoms with Gasteiger partial charge >= 0.3 is 59.1 Å². The van der Waals surface area contributed by atoms with Gasteiger partial charge in [-0.25, -0.2) is 0 Å². The molecule has 0 aromatic rings. The number of carboxylic acid groups (broad SMARTS) is 2. The Kier molecular flexibility index (Phi) is 12.7. The second kappa shape index (κ2) is 8.29. The maximum atomic E-state index is 9.99. The molecule has 0 aliphatic carbocycles. The molecular formula is C6H6Na2O4. The van der Waals surface area contributed by atoms with E-state index in [0.717, 1.165) is 13.8 Å². The van der Waals surface area contributed by atoms with Crippen LogP contribution in [0.3, 0.4) is 0 Å². The fourth-order valence-corrected chi connectivity index (χ4v) is 0.306. The smallest absolute Gasteiger partial charge is 0.545 e. The summed E-state index contributed by atoms with van der Waals surface area (Å²) in [5.74, 6) is -2.97. The average Bonchev–Trinajstić information content (AvgIpc) is 1.84. The van der Waals surface area contributed by atoms with Crippen molar-refractivity contribution in [2.24, 2.45) is 0 Å². The van der Waals surface area contributed by atoms with Crippen molar-refractivity contribution < 1.29 is 78.9 Å². The maximum Gasteiger partial charge on any atom is 1.00 e. The van der Waals surface area contributed by atoms with Crippen molar-refractivity contribution in [2.45, 2.75) is 13.8 Å². The number of hydrogen-bond donors (Lipinski definition) is 0. The number of carboxylic acids is 2. The number of carbonyl (C=O) groups is 2. The van der Waals surface area contributed by atoms with Crippen molar-refractivity contribution in [1.82, 2.24) is 0 Å². The molecule has 0 atom stereocenters. The molecule has 0 unspecified atom stereocenters. The fraction of sp³-hybridized carbons (Fsp3) is 0.333. The van der Waals surface area contributed by atoms with E-state index in [1.165, 1.54) is 0 Å². The summed E-state index contributed by atoms with van der Waals surface area (Å²) in [5.41, 5.74) is -0.611. The molecule has 0 aromatic carbocycles. The maximum absolute atomic E-state index is 9.99. The van der Waals surface area contributed by atoms with Crippen LogP contribution >= 0.6 is 0 Å². The monoisotopic (exact) mass is 188 g/mol. The second-order valence-electron chi connectivity index (χ2n) is 1.82. The molecule has 0 heterocycles. The van der Waals surface area contributed by atoms with Crippen LogP contribution < -0.4 is 69.3 Å². The first-order valence-corrected chi connectivity index (χ1v) is 2.57. The van der Waals surface area contributed by atoms with E-state index in [0.29, 0.717) is 0 Å². The van der Waals surface area contributed by atoms with Gasteiger partial charge < -0.3 is 19.8 Å². The van der Waals surface area contributed by atoms with Gasteiger partial charge in [-0.2, -0.15) is 0 Å². The molecule has 0 aliphatic heterocycles. The largest absolute Gasteiger partial charge is 1.00 e. The third-order valence-electron chi connectivity index (χ3n) is 1.17. The molecule has 0 aromatic heterocycles. The molecule has 6 heteroatoms. The Morgan fingerprint density at radius 2 is 1.00 bits per heavy atom. The zero-order chi connectivity index (χ0) is 8.31. The first-order valence-electron chi connectivity index (χ1n) is 2.57. The van der Waals surface area contributed by atoms with E-state index in [4.69, 9.17) is 0 Å². The zero-order valence-corrected chi connectivity index (χ0v) is 11.6. The van der Waals surface area contributed by atoms with Gasteiger partial charge in [-0.15, -0.1) is 0 Å². The summed E-state index contributed by atoms with van der Waals surface area (Å²) < 4.78 is 0. The van der Waals surface area contributed by atoms with E-state index in [9.17, 15) is 19.8 Å². The van der Waals surface area contributed by atoms with Gasteiger partial charge in [0.25, 0.3) is 0 Å². The molecule has 0 spiro atoms. The number of rotatable bonds is 2. The quantitative estimate of drug-likeness (QED) is 0.318. The van der Waals surface area contributed by atoms with Crippen molar-refractivity contribution in [1.29, 1.82) is 0 Å². The molecule has 56 valence electrons. The molecule has 0 fully saturated rings. The molecule has 0 bridgehead atoms. The van der Waals surface area contributed by atoms with Crippen LogP contribution in [0.1, 0.15) is 13.8 Å². The van der Waals surface area contributed by atoms with Crippen molar-refractivity contribution in [2.75, 3.05) is 0 Å². The molecule has 0 saturated carbocycles. The molecular weight excluding hydrogens is 182 g/mol. The van der Waals surface area contributed by atoms with E-state index in [1.807, 2.05) is 0 Å². The molecule has 0 amide bonds. The Morgan fingerprint density at radius 1 is 0.833 bits per heavy atom. The minimum absolute atomic E-state index is 0. The number of carbonyl (C=O) groups excluding carboxylic acids is 2. The van der Waals surface area contributed by atoms with Crippen LogP contribution in [-0.4, -0.2) is 11.9 Å². The Balaban J connectivity index is -0.000000405. The van der Waals surface area contributed by atoms with E-state index in [2.05, 4.69) is 0 Å². The summed E-state index contributed by atoms with van der Waals surface area (Å²) in [6.07, 6.45) is 0. The first kappa shape index (κ1) is 18.5. The summed E-state index contributed by atoms with van der Waals surface area (Å²) in [6.45, 7) is 2.31. The van der Waals surface area contributed by atoms with Gasteiger partial charge in [-0.05, 0) is 25.0 Å². The normalized spacial score (nSPS) is 10.2. The fourth-order valence-electron chi connectivity index (χ4n) is 0.306. The molecule has 4 nitrogen and oxygen atoms in total. The molecule has 12 heavy (non-hydrogen) atoms. The summed E-state index contributed by atoms with van der Waals surface area (Å²) in [6, 6.07) is 0. The van der Waals surface area contributed by atoms with Crippen LogP contribution in [-0.2, 0) is 9.59 Å². The van der Waals surface area contributed by atoms with Crippen molar-refractivity contribution in [3.05, 3.63) is 11.1 Å². The van der Waals surface area contributed by atoms with Crippen LogP contribution in [0.25, 0.3) is 0 Å². The number of hydrogen-bond acceptors (Lipinski definition) is 4. The second-order valence-corrected chi connectivity index (χ2v) is 1.82. The minimum atomic E-state index is -1.48. The Hall–Kier alpha value is 0.680. The minimum Gasteiger partial charge on any atom is -0.545 e. The summed E-state index contributed by atoms with van der Waals surface area (Å²) in [4.78, 5) is 20.0. The summed E-state index contributed by atoms with van der Waals surface area (Å²) >= 11 is 0. The van der Waals surface area contributed by atoms with Crippen molar-refractivity contribution in [3.63, 3.8) is 0 Å². The van der Waals surface area contributed by atoms with Crippen LogP contribution in [0, 0.1) is 0 Å². The number of aliphatic carboxylic acids is 2. The van der Waals surface area contributed by atoms with E-state index < -0.39 is 11.9 Å². The SMILES string of the molecule is C/C(C(=O)[O-])=C(/C)C(=O)[O-].[Na+].[Na+]. The van der Waals surface area contributed by atoms with Crippen molar-refractivity contribution in [3.8, 4) is 0 Å². The van der Waals surface area contributed by atoms with Gasteiger partial charge in [0.05, 0.1) is 11.9 Å². The Bertz CT molecular complexity index is 188. The molecule has 0 radical (unpaired) electrons. The van der Waals surface area contributed by atoms with E-state index >= 15 is 0 Å². The molecule has 0 saturated heterocycles. The molecule has 0 N–H and O–H groups in total. The molecule has 0 rings (SSSR count). The van der Waals surface area contributed by atoms with Crippen LogP contribution in [0.4, 0.5) is 0 Å². The van der Waals surface area contributed by atoms with Gasteiger partial charge in [0, 0.05) is 0 Å². The summed E-state index contributed by atoms with van der Waals surface area (Å²) in [5, 5.41) is 20.0. The van der Waals surface area contributed by atoms with Gasteiger partial charge in [-0.1, -0.05) is 0 Å². The van der Waals surface area contributed by atoms with Gasteiger partial charge in [0.1, 0.15) is 0 Å². The molecule has 0 aliphatic rings. The predicted octanol–water partition coefficient (Wildman–Crippen LogP) is -8.17. The Morgan fingerprint density at radius 3 is 1.08 bits per heavy atom. The standard InChI is InChI=1S/C6H8O4.2Na/c1-3(5(7)8)4(2)6(9)10;;/h1-2H3,(H,7,8)(H,9,10);;/q;2*+1/p-2/b4-3+;;. The van der Waals surface area contributed by atoms with Crippen LogP contribution in [0.15, 0.2) is 11.1 Å². The predicted molar refractivity (Wildman–Crippen MR) is 28.4 cm³/mol. The zero-order valence-electron chi connectivity index (χ0n) is 7.63. The van der Waals surface area contributed by atoms with Gasteiger partial charge in [-0.3, -0.25) is 0 Å². The third kappa shape index (κ3) is 6.22. The van der Waals surface area contributed by atoms with Crippen molar-refractivity contribution >= 4 is 11.9 Å².